The van der Waals surface area contributed by atoms with Crippen LogP contribution >= 0.6 is 0 Å². The zero-order chi connectivity index (χ0) is 36.6. The number of ether oxygens (including phenoxy) is 3. The first-order valence-electron chi connectivity index (χ1n) is 16.0. The van der Waals surface area contributed by atoms with E-state index in [1.807, 2.05) is 6.07 Å². The number of amides is 3. The van der Waals surface area contributed by atoms with E-state index in [0.717, 1.165) is 16.0 Å². The Morgan fingerprint density at radius 3 is 2.10 bits per heavy atom. The van der Waals surface area contributed by atoms with Gasteiger partial charge in [0.25, 0.3) is 0 Å². The molecule has 5 N–H and O–H groups in total. The molecule has 1 aromatic heterocycles. The number of carbonyl (C=O) groups excluding carboxylic acids is 3. The molecule has 0 saturated heterocycles. The third kappa shape index (κ3) is 10.4. The monoisotopic (exact) mass is 685 g/mol. The van der Waals surface area contributed by atoms with E-state index < -0.39 is 41.5 Å². The predicted molar refractivity (Wildman–Crippen MR) is 190 cm³/mol. The molecule has 0 fully saturated rings. The minimum absolute atomic E-state index is 0.00480. The van der Waals surface area contributed by atoms with Crippen LogP contribution in [0.5, 0.6) is 0 Å². The fourth-order valence-electron chi connectivity index (χ4n) is 4.82. The van der Waals surface area contributed by atoms with Gasteiger partial charge in [0, 0.05) is 35.9 Å². The SMILES string of the molecule is CC(C)(C)OC(=O)N(C(=O)OC(C)(C)C)c1nccc2cc(NC(C(=O)O)c3ccc(CCOC(=O)Nc4cccc(CN)c4)cc3)ccc12. The van der Waals surface area contributed by atoms with Crippen molar-refractivity contribution in [2.24, 2.45) is 5.73 Å². The average Bonchev–Trinajstić information content (AvgIpc) is 3.02. The summed E-state index contributed by atoms with van der Waals surface area (Å²) in [6.45, 7) is 10.6. The van der Waals surface area contributed by atoms with Crippen LogP contribution in [0.1, 0.15) is 64.3 Å². The average molecular weight is 686 g/mol. The molecular weight excluding hydrogens is 642 g/mol. The van der Waals surface area contributed by atoms with Gasteiger partial charge >= 0.3 is 24.2 Å². The van der Waals surface area contributed by atoms with Gasteiger partial charge in [0.05, 0.1) is 6.61 Å². The number of carbonyl (C=O) groups is 4. The van der Waals surface area contributed by atoms with Crippen molar-refractivity contribution in [3.8, 4) is 0 Å². The highest BCUT2D eigenvalue weighted by Gasteiger charge is 2.34. The normalized spacial score (nSPS) is 12.1. The number of anilines is 3. The lowest BCUT2D eigenvalue weighted by Gasteiger charge is -2.28. The van der Waals surface area contributed by atoms with Crippen LogP contribution in [0.3, 0.4) is 0 Å². The number of pyridine rings is 1. The molecular formula is C37H43N5O8. The maximum Gasteiger partial charge on any atom is 0.425 e. The second kappa shape index (κ2) is 15.7. The number of imide groups is 1. The lowest BCUT2D eigenvalue weighted by molar-refractivity contribution is -0.138. The standard InChI is InChI=1S/C37H43N5O8/c1-36(2,3)49-34(46)42(35(47)50-37(4,5)6)31-29-15-14-28(21-26(29)16-18-39-31)40-30(32(43)44)25-12-10-23(11-13-25)17-19-48-33(45)41-27-9-7-8-24(20-27)22-38/h7-16,18,20-21,30,40H,17,19,22,38H2,1-6H3,(H,41,45)(H,43,44). The van der Waals surface area contributed by atoms with Gasteiger partial charge in [-0.15, -0.1) is 0 Å². The summed E-state index contributed by atoms with van der Waals surface area (Å²) in [5, 5.41) is 16.8. The van der Waals surface area contributed by atoms with Gasteiger partial charge in [0.1, 0.15) is 11.2 Å². The third-order valence-corrected chi connectivity index (χ3v) is 7.01. The van der Waals surface area contributed by atoms with E-state index >= 15 is 0 Å². The summed E-state index contributed by atoms with van der Waals surface area (Å²) in [7, 11) is 0. The first kappa shape index (κ1) is 37.1. The number of fused-ring (bicyclic) bond motifs is 1. The number of benzene rings is 3. The Morgan fingerprint density at radius 2 is 1.50 bits per heavy atom. The number of carboxylic acid groups (broad SMARTS) is 1. The smallest absolute Gasteiger partial charge is 0.425 e. The van der Waals surface area contributed by atoms with Gasteiger partial charge < -0.3 is 30.4 Å². The number of aromatic nitrogens is 1. The Hall–Kier alpha value is -5.69. The summed E-state index contributed by atoms with van der Waals surface area (Å²) >= 11 is 0. The van der Waals surface area contributed by atoms with E-state index in [2.05, 4.69) is 15.6 Å². The van der Waals surface area contributed by atoms with Crippen LogP contribution in [0.2, 0.25) is 0 Å². The molecule has 0 spiro atoms. The van der Waals surface area contributed by atoms with Gasteiger partial charge in [-0.05, 0) is 100 Å². The van der Waals surface area contributed by atoms with Gasteiger partial charge in [-0.2, -0.15) is 4.90 Å². The molecule has 3 aromatic carbocycles. The van der Waals surface area contributed by atoms with Crippen molar-refractivity contribution >= 4 is 52.2 Å². The molecule has 1 heterocycles. The van der Waals surface area contributed by atoms with Gasteiger partial charge in [0.2, 0.25) is 0 Å². The molecule has 0 aliphatic heterocycles. The lowest BCUT2D eigenvalue weighted by Crippen LogP contribution is -2.44. The van der Waals surface area contributed by atoms with Crippen molar-refractivity contribution in [3.05, 3.63) is 95.7 Å². The number of hydrogen-bond donors (Lipinski definition) is 4. The van der Waals surface area contributed by atoms with Gasteiger partial charge in [0.15, 0.2) is 11.9 Å². The van der Waals surface area contributed by atoms with Crippen molar-refractivity contribution in [2.45, 2.75) is 71.8 Å². The number of aliphatic carboxylic acids is 1. The third-order valence-electron chi connectivity index (χ3n) is 7.01. The number of carboxylic acids is 1. The summed E-state index contributed by atoms with van der Waals surface area (Å²) in [4.78, 5) is 56.1. The second-order valence-electron chi connectivity index (χ2n) is 13.4. The van der Waals surface area contributed by atoms with Gasteiger partial charge in [-0.25, -0.2) is 24.2 Å². The predicted octanol–water partition coefficient (Wildman–Crippen LogP) is 7.40. The van der Waals surface area contributed by atoms with E-state index in [1.54, 1.807) is 108 Å². The minimum atomic E-state index is -1.10. The molecule has 4 aromatic rings. The molecule has 0 radical (unpaired) electrons. The van der Waals surface area contributed by atoms with Gasteiger partial charge in [-0.3, -0.25) is 5.32 Å². The Morgan fingerprint density at radius 1 is 0.840 bits per heavy atom. The van der Waals surface area contributed by atoms with Crippen molar-refractivity contribution < 1.29 is 38.5 Å². The Balaban J connectivity index is 1.47. The molecule has 3 amide bonds. The highest BCUT2D eigenvalue weighted by molar-refractivity contribution is 6.14. The van der Waals surface area contributed by atoms with Crippen LogP contribution in [-0.2, 0) is 32.0 Å². The molecule has 1 unspecified atom stereocenters. The fraction of sp³-hybridized carbons (Fsp3) is 0.324. The number of nitrogens with two attached hydrogens (primary N) is 1. The lowest BCUT2D eigenvalue weighted by atomic mass is 10.0. The van der Waals surface area contributed by atoms with E-state index in [-0.39, 0.29) is 12.4 Å². The maximum absolute atomic E-state index is 13.2. The van der Waals surface area contributed by atoms with Gasteiger partial charge in [-0.1, -0.05) is 36.4 Å². The van der Waals surface area contributed by atoms with Crippen molar-refractivity contribution in [2.75, 3.05) is 22.1 Å². The molecule has 264 valence electrons. The molecule has 13 heteroatoms. The molecule has 0 aliphatic rings. The second-order valence-corrected chi connectivity index (χ2v) is 13.4. The number of hydrogen-bond acceptors (Lipinski definition) is 10. The summed E-state index contributed by atoms with van der Waals surface area (Å²) < 4.78 is 16.3. The first-order chi connectivity index (χ1) is 23.5. The van der Waals surface area contributed by atoms with Crippen molar-refractivity contribution in [3.63, 3.8) is 0 Å². The van der Waals surface area contributed by atoms with E-state index in [0.29, 0.717) is 40.7 Å². The highest BCUT2D eigenvalue weighted by atomic mass is 16.6. The number of nitrogens with one attached hydrogen (secondary N) is 2. The topological polar surface area (TPSA) is 182 Å². The van der Waals surface area contributed by atoms with Crippen molar-refractivity contribution in [1.82, 2.24) is 4.98 Å². The van der Waals surface area contributed by atoms with Crippen LogP contribution in [0, 0.1) is 0 Å². The zero-order valence-corrected chi connectivity index (χ0v) is 29.0. The Labute approximate surface area is 290 Å². The van der Waals surface area contributed by atoms with Crippen LogP contribution < -0.4 is 21.3 Å². The van der Waals surface area contributed by atoms with Crippen LogP contribution in [-0.4, -0.2) is 52.1 Å². The summed E-state index contributed by atoms with van der Waals surface area (Å²) in [5.74, 6) is -1.10. The summed E-state index contributed by atoms with van der Waals surface area (Å²) in [5.41, 5.74) is 7.14. The molecule has 0 saturated carbocycles. The van der Waals surface area contributed by atoms with Crippen LogP contribution in [0.25, 0.3) is 10.8 Å². The van der Waals surface area contributed by atoms with E-state index in [1.165, 1.54) is 6.20 Å². The fourth-order valence-corrected chi connectivity index (χ4v) is 4.82. The first-order valence-corrected chi connectivity index (χ1v) is 16.0. The minimum Gasteiger partial charge on any atom is -0.479 e. The van der Waals surface area contributed by atoms with E-state index in [4.69, 9.17) is 19.9 Å². The number of nitrogens with zero attached hydrogens (tertiary/aromatic N) is 2. The molecule has 0 bridgehead atoms. The highest BCUT2D eigenvalue weighted by Crippen LogP contribution is 2.31. The summed E-state index contributed by atoms with van der Waals surface area (Å²) in [6, 6.07) is 19.7. The molecule has 4 rings (SSSR count). The number of rotatable bonds is 10. The molecule has 50 heavy (non-hydrogen) atoms. The maximum atomic E-state index is 13.2. The Bertz CT molecular complexity index is 1820. The van der Waals surface area contributed by atoms with E-state index in [9.17, 15) is 24.3 Å². The van der Waals surface area contributed by atoms with Crippen molar-refractivity contribution in [1.29, 1.82) is 0 Å². The van der Waals surface area contributed by atoms with Crippen LogP contribution in [0.15, 0.2) is 79.0 Å². The van der Waals surface area contributed by atoms with Crippen LogP contribution in [0.4, 0.5) is 31.6 Å². The molecule has 13 nitrogen and oxygen atoms in total. The summed E-state index contributed by atoms with van der Waals surface area (Å²) in [6.07, 6.45) is -0.638. The molecule has 0 aliphatic carbocycles. The Kier molecular flexibility index (Phi) is 11.6. The zero-order valence-electron chi connectivity index (χ0n) is 29.0. The quantitative estimate of drug-likeness (QED) is 0.122. The molecule has 1 atom stereocenters. The largest absolute Gasteiger partial charge is 0.479 e.